The zero-order valence-electron chi connectivity index (χ0n) is 9.24. The number of nitrogen functional groups attached to an aromatic ring is 1. The largest absolute Gasteiger partial charge is 0.480 e. The van der Waals surface area contributed by atoms with E-state index in [1.807, 2.05) is 0 Å². The number of rotatable bonds is 4. The van der Waals surface area contributed by atoms with Crippen molar-refractivity contribution in [2.45, 2.75) is 19.4 Å². The molecule has 0 aliphatic heterocycles. The minimum Gasteiger partial charge on any atom is -0.480 e. The van der Waals surface area contributed by atoms with Gasteiger partial charge in [-0.3, -0.25) is 4.79 Å². The van der Waals surface area contributed by atoms with Crippen LogP contribution in [0.2, 0.25) is 5.02 Å². The first-order valence-electron chi connectivity index (χ1n) is 5.03. The molecule has 0 spiro atoms. The Balaban J connectivity index is 2.86. The van der Waals surface area contributed by atoms with Gasteiger partial charge in [-0.2, -0.15) is 0 Å². The van der Waals surface area contributed by atoms with Crippen LogP contribution in [0.4, 0.5) is 5.69 Å². The van der Waals surface area contributed by atoms with Gasteiger partial charge in [-0.25, -0.2) is 4.79 Å². The quantitative estimate of drug-likeness (QED) is 0.712. The summed E-state index contributed by atoms with van der Waals surface area (Å²) in [6.07, 6.45) is 0.303. The maximum atomic E-state index is 11.7. The number of carboxylic acid groups (broad SMARTS) is 1. The lowest BCUT2D eigenvalue weighted by Gasteiger charge is -2.12. The Kier molecular flexibility index (Phi) is 4.34. The fourth-order valence-corrected chi connectivity index (χ4v) is 1.57. The number of nitrogens with one attached hydrogen (secondary N) is 1. The summed E-state index contributed by atoms with van der Waals surface area (Å²) >= 11 is 5.75. The normalized spacial score (nSPS) is 11.9. The molecule has 1 unspecified atom stereocenters. The van der Waals surface area contributed by atoms with Crippen molar-refractivity contribution in [3.05, 3.63) is 28.8 Å². The van der Waals surface area contributed by atoms with E-state index in [1.165, 1.54) is 18.2 Å². The summed E-state index contributed by atoms with van der Waals surface area (Å²) in [5, 5.41) is 11.5. The van der Waals surface area contributed by atoms with Gasteiger partial charge in [0.25, 0.3) is 5.91 Å². The van der Waals surface area contributed by atoms with Crippen LogP contribution >= 0.6 is 11.6 Å². The van der Waals surface area contributed by atoms with E-state index in [0.29, 0.717) is 17.1 Å². The molecule has 6 heteroatoms. The molecule has 0 aliphatic carbocycles. The minimum atomic E-state index is -1.07. The highest BCUT2D eigenvalue weighted by atomic mass is 35.5. The Labute approximate surface area is 104 Å². The summed E-state index contributed by atoms with van der Waals surface area (Å²) in [7, 11) is 0. The van der Waals surface area contributed by atoms with Crippen molar-refractivity contribution in [3.63, 3.8) is 0 Å². The monoisotopic (exact) mass is 256 g/mol. The van der Waals surface area contributed by atoms with Gasteiger partial charge in [-0.1, -0.05) is 18.5 Å². The molecule has 1 amide bonds. The number of benzene rings is 1. The Morgan fingerprint density at radius 3 is 2.59 bits per heavy atom. The summed E-state index contributed by atoms with van der Waals surface area (Å²) in [6, 6.07) is 3.47. The Hall–Kier alpha value is -1.75. The number of nitrogens with two attached hydrogens (primary N) is 1. The molecular formula is C11H13ClN2O3. The maximum Gasteiger partial charge on any atom is 0.326 e. The van der Waals surface area contributed by atoms with E-state index in [0.717, 1.165) is 0 Å². The van der Waals surface area contributed by atoms with Crippen molar-refractivity contribution in [1.29, 1.82) is 0 Å². The topological polar surface area (TPSA) is 92.4 Å². The maximum absolute atomic E-state index is 11.7. The molecule has 1 aromatic rings. The van der Waals surface area contributed by atoms with Crippen LogP contribution in [-0.4, -0.2) is 23.0 Å². The number of anilines is 1. The Morgan fingerprint density at radius 2 is 2.12 bits per heavy atom. The molecule has 0 radical (unpaired) electrons. The first-order chi connectivity index (χ1) is 7.93. The standard InChI is InChI=1S/C11H13ClN2O3/c1-2-9(11(16)17)14-10(15)6-3-7(12)5-8(13)4-6/h3-5,9H,2,13H2,1H3,(H,14,15)(H,16,17). The lowest BCUT2D eigenvalue weighted by molar-refractivity contribution is -0.139. The van der Waals surface area contributed by atoms with Gasteiger partial charge in [0, 0.05) is 16.3 Å². The number of amides is 1. The second-order valence-corrected chi connectivity index (χ2v) is 3.98. The van der Waals surface area contributed by atoms with E-state index in [2.05, 4.69) is 5.32 Å². The van der Waals surface area contributed by atoms with E-state index >= 15 is 0 Å². The minimum absolute atomic E-state index is 0.245. The van der Waals surface area contributed by atoms with Crippen LogP contribution < -0.4 is 11.1 Å². The van der Waals surface area contributed by atoms with Crippen molar-refractivity contribution < 1.29 is 14.7 Å². The van der Waals surface area contributed by atoms with Gasteiger partial charge >= 0.3 is 5.97 Å². The van der Waals surface area contributed by atoms with E-state index in [9.17, 15) is 9.59 Å². The molecule has 0 aromatic heterocycles. The fourth-order valence-electron chi connectivity index (χ4n) is 1.32. The van der Waals surface area contributed by atoms with Gasteiger partial charge in [-0.05, 0) is 24.6 Å². The molecule has 4 N–H and O–H groups in total. The molecule has 1 aromatic carbocycles. The lowest BCUT2D eigenvalue weighted by atomic mass is 10.1. The van der Waals surface area contributed by atoms with Crippen LogP contribution in [0.5, 0.6) is 0 Å². The van der Waals surface area contributed by atoms with Crippen LogP contribution in [0.25, 0.3) is 0 Å². The molecule has 0 saturated heterocycles. The molecule has 0 aliphatic rings. The van der Waals surface area contributed by atoms with E-state index in [-0.39, 0.29) is 5.56 Å². The van der Waals surface area contributed by atoms with Crippen LogP contribution in [-0.2, 0) is 4.79 Å². The first-order valence-corrected chi connectivity index (χ1v) is 5.41. The van der Waals surface area contributed by atoms with Gasteiger partial charge in [-0.15, -0.1) is 0 Å². The molecular weight excluding hydrogens is 244 g/mol. The lowest BCUT2D eigenvalue weighted by Crippen LogP contribution is -2.40. The molecule has 0 fully saturated rings. The Bertz CT molecular complexity index is 428. The number of halogens is 1. The van der Waals surface area contributed by atoms with Gasteiger partial charge in [0.1, 0.15) is 6.04 Å². The predicted octanol–water partition coefficient (Wildman–Crippen LogP) is 1.52. The second-order valence-electron chi connectivity index (χ2n) is 3.55. The average Bonchev–Trinajstić information content (AvgIpc) is 2.23. The molecule has 5 nitrogen and oxygen atoms in total. The molecule has 0 bridgehead atoms. The highest BCUT2D eigenvalue weighted by Crippen LogP contribution is 2.16. The van der Waals surface area contributed by atoms with Crippen molar-refractivity contribution in [3.8, 4) is 0 Å². The van der Waals surface area contributed by atoms with Crippen LogP contribution in [0.15, 0.2) is 18.2 Å². The number of carbonyl (C=O) groups is 2. The van der Waals surface area contributed by atoms with Crippen molar-refractivity contribution in [2.75, 3.05) is 5.73 Å². The number of carbonyl (C=O) groups excluding carboxylic acids is 1. The van der Waals surface area contributed by atoms with Gasteiger partial charge < -0.3 is 16.2 Å². The highest BCUT2D eigenvalue weighted by Gasteiger charge is 2.18. The van der Waals surface area contributed by atoms with Crippen LogP contribution in [0.3, 0.4) is 0 Å². The van der Waals surface area contributed by atoms with Gasteiger partial charge in [0.05, 0.1) is 0 Å². The summed E-state index contributed by atoms with van der Waals surface area (Å²) in [5.74, 6) is -1.58. The number of hydrogen-bond donors (Lipinski definition) is 3. The van der Waals surface area contributed by atoms with E-state index in [4.69, 9.17) is 22.4 Å². The van der Waals surface area contributed by atoms with Gasteiger partial charge in [0.2, 0.25) is 0 Å². The zero-order valence-corrected chi connectivity index (χ0v) is 9.99. The fraction of sp³-hybridized carbons (Fsp3) is 0.273. The molecule has 1 rings (SSSR count). The zero-order chi connectivity index (χ0) is 13.0. The number of hydrogen-bond acceptors (Lipinski definition) is 3. The summed E-state index contributed by atoms with van der Waals surface area (Å²) in [5.41, 5.74) is 6.14. The average molecular weight is 257 g/mol. The Morgan fingerprint density at radius 1 is 1.47 bits per heavy atom. The van der Waals surface area contributed by atoms with Crippen molar-refractivity contribution in [2.24, 2.45) is 0 Å². The highest BCUT2D eigenvalue weighted by molar-refractivity contribution is 6.31. The molecule has 0 saturated carbocycles. The van der Waals surface area contributed by atoms with E-state index in [1.54, 1.807) is 6.92 Å². The summed E-state index contributed by atoms with van der Waals surface area (Å²) in [4.78, 5) is 22.5. The first kappa shape index (κ1) is 13.3. The van der Waals surface area contributed by atoms with Crippen molar-refractivity contribution in [1.82, 2.24) is 5.32 Å². The predicted molar refractivity (Wildman–Crippen MR) is 65.0 cm³/mol. The number of aliphatic carboxylic acids is 1. The van der Waals surface area contributed by atoms with Gasteiger partial charge in [0.15, 0.2) is 0 Å². The summed E-state index contributed by atoms with van der Waals surface area (Å²) < 4.78 is 0. The number of carboxylic acids is 1. The smallest absolute Gasteiger partial charge is 0.326 e. The van der Waals surface area contributed by atoms with Crippen LogP contribution in [0, 0.1) is 0 Å². The molecule has 17 heavy (non-hydrogen) atoms. The van der Waals surface area contributed by atoms with E-state index < -0.39 is 17.9 Å². The third-order valence-corrected chi connectivity index (χ3v) is 2.41. The summed E-state index contributed by atoms with van der Waals surface area (Å²) in [6.45, 7) is 1.67. The third-order valence-electron chi connectivity index (χ3n) is 2.19. The molecule has 0 heterocycles. The molecule has 92 valence electrons. The van der Waals surface area contributed by atoms with Crippen molar-refractivity contribution >= 4 is 29.2 Å². The third kappa shape index (κ3) is 3.64. The van der Waals surface area contributed by atoms with Crippen LogP contribution in [0.1, 0.15) is 23.7 Å². The SMILES string of the molecule is CCC(NC(=O)c1cc(N)cc(Cl)c1)C(=O)O. The molecule has 1 atom stereocenters. The second kappa shape index (κ2) is 5.54.